The van der Waals surface area contributed by atoms with Crippen LogP contribution in [-0.2, 0) is 0 Å². The van der Waals surface area contributed by atoms with Gasteiger partial charge in [-0.25, -0.2) is 4.98 Å². The first-order chi connectivity index (χ1) is 7.09. The van der Waals surface area contributed by atoms with E-state index in [1.54, 1.807) is 0 Å². The van der Waals surface area contributed by atoms with Crippen LogP contribution in [0, 0.1) is 20.8 Å². The van der Waals surface area contributed by atoms with Crippen LogP contribution in [-0.4, -0.2) is 9.55 Å². The van der Waals surface area contributed by atoms with Crippen molar-refractivity contribution in [3.63, 3.8) is 0 Å². The van der Waals surface area contributed by atoms with Crippen LogP contribution in [0.5, 0.6) is 0 Å². The van der Waals surface area contributed by atoms with Crippen LogP contribution in [0.2, 0.25) is 0 Å². The fraction of sp³-hybridized carbons (Fsp3) is 0.250. The summed E-state index contributed by atoms with van der Waals surface area (Å²) >= 11 is 0. The fourth-order valence-corrected chi connectivity index (χ4v) is 1.57. The second-order valence-corrected chi connectivity index (χ2v) is 3.83. The highest BCUT2D eigenvalue weighted by atomic mass is 15.1. The molecule has 0 fully saturated rings. The van der Waals surface area contributed by atoms with E-state index in [9.17, 15) is 0 Å². The van der Waals surface area contributed by atoms with Gasteiger partial charge in [0.2, 0.25) is 0 Å². The van der Waals surface area contributed by atoms with Gasteiger partial charge in [0.05, 0.1) is 12.0 Å². The summed E-state index contributed by atoms with van der Waals surface area (Å²) in [5.41, 5.74) is 11.0. The topological polar surface area (TPSA) is 43.8 Å². The smallest absolute Gasteiger partial charge is 0.0997 e. The predicted molar refractivity (Wildman–Crippen MR) is 62.2 cm³/mol. The van der Waals surface area contributed by atoms with Gasteiger partial charge in [0.15, 0.2) is 0 Å². The third kappa shape index (κ3) is 1.61. The van der Waals surface area contributed by atoms with E-state index >= 15 is 0 Å². The second-order valence-electron chi connectivity index (χ2n) is 3.83. The minimum absolute atomic E-state index is 0.827. The standard InChI is InChI=1S/C12H15N3/c1-8-6-11(4-5-12(8)13)15-7-14-9(2)10(15)3/h4-7H,13H2,1-3H3. The van der Waals surface area contributed by atoms with E-state index < -0.39 is 0 Å². The minimum Gasteiger partial charge on any atom is -0.399 e. The van der Waals surface area contributed by atoms with Gasteiger partial charge in [0, 0.05) is 17.1 Å². The molecule has 3 nitrogen and oxygen atoms in total. The largest absolute Gasteiger partial charge is 0.399 e. The van der Waals surface area contributed by atoms with E-state index in [1.807, 2.05) is 32.3 Å². The molecule has 0 atom stereocenters. The summed E-state index contributed by atoms with van der Waals surface area (Å²) in [5.74, 6) is 0. The first-order valence-electron chi connectivity index (χ1n) is 4.96. The molecule has 0 bridgehead atoms. The van der Waals surface area contributed by atoms with Crippen LogP contribution in [0.4, 0.5) is 5.69 Å². The van der Waals surface area contributed by atoms with Gasteiger partial charge in [0.1, 0.15) is 0 Å². The van der Waals surface area contributed by atoms with Gasteiger partial charge in [-0.1, -0.05) is 0 Å². The first-order valence-corrected chi connectivity index (χ1v) is 4.96. The number of aromatic nitrogens is 2. The highest BCUT2D eigenvalue weighted by molar-refractivity contribution is 5.52. The van der Waals surface area contributed by atoms with E-state index in [0.29, 0.717) is 0 Å². The molecule has 1 heterocycles. The molecule has 2 N–H and O–H groups in total. The molecule has 2 aromatic rings. The summed E-state index contributed by atoms with van der Waals surface area (Å²) in [4.78, 5) is 4.28. The molecule has 0 saturated carbocycles. The molecule has 0 aliphatic heterocycles. The minimum atomic E-state index is 0.827. The van der Waals surface area contributed by atoms with Crippen LogP contribution >= 0.6 is 0 Å². The first kappa shape index (κ1) is 9.77. The Labute approximate surface area is 89.6 Å². The molecular weight excluding hydrogens is 186 g/mol. The SMILES string of the molecule is Cc1cc(-n2cnc(C)c2C)ccc1N. The van der Waals surface area contributed by atoms with E-state index in [4.69, 9.17) is 5.73 Å². The van der Waals surface area contributed by atoms with E-state index in [1.165, 1.54) is 5.69 Å². The average Bonchev–Trinajstić information content (AvgIpc) is 2.53. The molecule has 2 rings (SSSR count). The summed E-state index contributed by atoms with van der Waals surface area (Å²) < 4.78 is 2.07. The van der Waals surface area contributed by atoms with Gasteiger partial charge in [-0.15, -0.1) is 0 Å². The van der Waals surface area contributed by atoms with Crippen molar-refractivity contribution in [2.24, 2.45) is 0 Å². The van der Waals surface area contributed by atoms with E-state index in [0.717, 1.165) is 22.6 Å². The van der Waals surface area contributed by atoms with Crippen LogP contribution in [0.3, 0.4) is 0 Å². The number of imidazole rings is 1. The zero-order chi connectivity index (χ0) is 11.0. The number of benzene rings is 1. The zero-order valence-corrected chi connectivity index (χ0v) is 9.28. The molecule has 78 valence electrons. The zero-order valence-electron chi connectivity index (χ0n) is 9.28. The summed E-state index contributed by atoms with van der Waals surface area (Å²) in [5, 5.41) is 0. The maximum absolute atomic E-state index is 5.79. The number of hydrogen-bond donors (Lipinski definition) is 1. The van der Waals surface area contributed by atoms with Crippen LogP contribution in [0.25, 0.3) is 5.69 Å². The number of nitrogens with zero attached hydrogens (tertiary/aromatic N) is 2. The lowest BCUT2D eigenvalue weighted by Crippen LogP contribution is -1.97. The summed E-state index contributed by atoms with van der Waals surface area (Å²) in [6.45, 7) is 6.09. The molecule has 0 radical (unpaired) electrons. The van der Waals surface area contributed by atoms with Crippen LogP contribution < -0.4 is 5.73 Å². The number of nitrogen functional groups attached to an aromatic ring is 1. The van der Waals surface area contributed by atoms with Gasteiger partial charge in [-0.2, -0.15) is 0 Å². The maximum atomic E-state index is 5.79. The molecule has 1 aromatic carbocycles. The van der Waals surface area contributed by atoms with Gasteiger partial charge >= 0.3 is 0 Å². The van der Waals surface area contributed by atoms with Crippen molar-refractivity contribution in [2.75, 3.05) is 5.73 Å². The number of aryl methyl sites for hydroxylation is 2. The van der Waals surface area contributed by atoms with Crippen molar-refractivity contribution in [1.29, 1.82) is 0 Å². The van der Waals surface area contributed by atoms with E-state index in [-0.39, 0.29) is 0 Å². The maximum Gasteiger partial charge on any atom is 0.0997 e. The molecule has 0 aliphatic rings. The highest BCUT2D eigenvalue weighted by Gasteiger charge is 2.04. The van der Waals surface area contributed by atoms with Gasteiger partial charge < -0.3 is 10.3 Å². The molecule has 0 aliphatic carbocycles. The molecule has 0 spiro atoms. The molecule has 0 amide bonds. The van der Waals surface area contributed by atoms with Crippen molar-refractivity contribution in [1.82, 2.24) is 9.55 Å². The van der Waals surface area contributed by atoms with Crippen molar-refractivity contribution in [2.45, 2.75) is 20.8 Å². The molecule has 15 heavy (non-hydrogen) atoms. The summed E-state index contributed by atoms with van der Waals surface area (Å²) in [6, 6.07) is 6.01. The lowest BCUT2D eigenvalue weighted by Gasteiger charge is -2.07. The van der Waals surface area contributed by atoms with E-state index in [2.05, 4.69) is 22.5 Å². The Morgan fingerprint density at radius 2 is 1.93 bits per heavy atom. The second kappa shape index (κ2) is 3.42. The van der Waals surface area contributed by atoms with Crippen molar-refractivity contribution in [3.8, 4) is 5.69 Å². The Morgan fingerprint density at radius 3 is 2.47 bits per heavy atom. The third-order valence-corrected chi connectivity index (χ3v) is 2.78. The van der Waals surface area contributed by atoms with Crippen LogP contribution in [0.1, 0.15) is 17.0 Å². The Balaban J connectivity index is 2.55. The van der Waals surface area contributed by atoms with Gasteiger partial charge in [0.25, 0.3) is 0 Å². The molecule has 1 aromatic heterocycles. The highest BCUT2D eigenvalue weighted by Crippen LogP contribution is 2.18. The van der Waals surface area contributed by atoms with Crippen molar-refractivity contribution >= 4 is 5.69 Å². The Bertz CT molecular complexity index is 498. The van der Waals surface area contributed by atoms with Crippen molar-refractivity contribution < 1.29 is 0 Å². The quantitative estimate of drug-likeness (QED) is 0.720. The lowest BCUT2D eigenvalue weighted by atomic mass is 10.2. The normalized spacial score (nSPS) is 10.6. The number of anilines is 1. The fourth-order valence-electron chi connectivity index (χ4n) is 1.57. The lowest BCUT2D eigenvalue weighted by molar-refractivity contribution is 0.999. The van der Waals surface area contributed by atoms with Crippen LogP contribution in [0.15, 0.2) is 24.5 Å². The Hall–Kier alpha value is -1.77. The van der Waals surface area contributed by atoms with Gasteiger partial charge in [-0.05, 0) is 44.5 Å². The molecule has 0 unspecified atom stereocenters. The predicted octanol–water partition coefficient (Wildman–Crippen LogP) is 2.38. The monoisotopic (exact) mass is 201 g/mol. The summed E-state index contributed by atoms with van der Waals surface area (Å²) in [7, 11) is 0. The van der Waals surface area contributed by atoms with Gasteiger partial charge in [-0.3, -0.25) is 0 Å². The summed E-state index contributed by atoms with van der Waals surface area (Å²) in [6.07, 6.45) is 1.84. The molecule has 3 heteroatoms. The van der Waals surface area contributed by atoms with Crippen molar-refractivity contribution in [3.05, 3.63) is 41.5 Å². The Kier molecular flexibility index (Phi) is 2.23. The molecular formula is C12H15N3. The Morgan fingerprint density at radius 1 is 1.20 bits per heavy atom. The third-order valence-electron chi connectivity index (χ3n) is 2.78. The number of nitrogens with two attached hydrogens (primary N) is 1. The number of hydrogen-bond acceptors (Lipinski definition) is 2. The average molecular weight is 201 g/mol. The number of rotatable bonds is 1. The molecule has 0 saturated heterocycles.